The molecule has 0 aromatic heterocycles. The number of ketones is 1. The van der Waals surface area contributed by atoms with Crippen molar-refractivity contribution >= 4 is 22.2 Å². The van der Waals surface area contributed by atoms with Crippen molar-refractivity contribution in [1.82, 2.24) is 4.90 Å². The fourth-order valence-corrected chi connectivity index (χ4v) is 6.69. The van der Waals surface area contributed by atoms with Crippen LogP contribution in [0, 0.1) is 0 Å². The summed E-state index contributed by atoms with van der Waals surface area (Å²) in [6.07, 6.45) is 2.52. The molecule has 3 nitrogen and oxygen atoms in total. The van der Waals surface area contributed by atoms with E-state index in [0.717, 1.165) is 50.1 Å². The maximum Gasteiger partial charge on any atom is 0.174 e. The normalized spacial score (nSPS) is 17.1. The molecule has 6 rings (SSSR count). The predicted molar refractivity (Wildman–Crippen MR) is 158 cm³/mol. The van der Waals surface area contributed by atoms with Gasteiger partial charge in [0.1, 0.15) is 0 Å². The molecule has 0 bridgehead atoms. The van der Waals surface area contributed by atoms with Crippen molar-refractivity contribution in [3.05, 3.63) is 125 Å². The molecule has 1 fully saturated rings. The van der Waals surface area contributed by atoms with E-state index in [1.165, 1.54) is 33.3 Å². The van der Waals surface area contributed by atoms with Gasteiger partial charge in [0.25, 0.3) is 0 Å². The van der Waals surface area contributed by atoms with Crippen LogP contribution in [-0.4, -0.2) is 43.4 Å². The minimum atomic E-state index is -0.611. The molecular weight excluding hydrogens is 464 g/mol. The number of carbonyl (C=O) groups excluding carboxylic acids is 1. The number of anilines is 1. The Morgan fingerprint density at radius 3 is 2.13 bits per heavy atom. The van der Waals surface area contributed by atoms with Gasteiger partial charge in [-0.15, -0.1) is 0 Å². The molecule has 1 heterocycles. The first-order valence-electron chi connectivity index (χ1n) is 13.9. The van der Waals surface area contributed by atoms with E-state index in [1.54, 1.807) is 0 Å². The lowest BCUT2D eigenvalue weighted by Crippen LogP contribution is -2.37. The van der Waals surface area contributed by atoms with E-state index in [0.29, 0.717) is 12.8 Å². The van der Waals surface area contributed by atoms with Gasteiger partial charge in [0.05, 0.1) is 5.41 Å². The van der Waals surface area contributed by atoms with E-state index in [2.05, 4.69) is 96.1 Å². The van der Waals surface area contributed by atoms with E-state index in [4.69, 9.17) is 0 Å². The Labute approximate surface area is 226 Å². The minimum Gasteiger partial charge on any atom is -0.370 e. The number of benzene rings is 4. The Morgan fingerprint density at radius 1 is 0.789 bits per heavy atom. The second-order valence-corrected chi connectivity index (χ2v) is 11.2. The summed E-state index contributed by atoms with van der Waals surface area (Å²) in [5.74, 6) is 0.256. The van der Waals surface area contributed by atoms with E-state index >= 15 is 0 Å². The summed E-state index contributed by atoms with van der Waals surface area (Å²) in [6.45, 7) is 11.3. The van der Waals surface area contributed by atoms with Crippen LogP contribution in [0.15, 0.2) is 103 Å². The summed E-state index contributed by atoms with van der Waals surface area (Å²) >= 11 is 0. The Kier molecular flexibility index (Phi) is 6.63. The maximum absolute atomic E-state index is 14.5. The molecule has 0 N–H and O–H groups in total. The topological polar surface area (TPSA) is 23.6 Å². The van der Waals surface area contributed by atoms with Crippen LogP contribution in [0.3, 0.4) is 0 Å². The zero-order chi connectivity index (χ0) is 26.1. The molecule has 192 valence electrons. The highest BCUT2D eigenvalue weighted by Gasteiger charge is 2.47. The molecule has 3 heteroatoms. The number of Topliss-reactive ketones (excluding diaryl/α,β-unsaturated/α-hetero) is 1. The molecule has 1 saturated heterocycles. The largest absolute Gasteiger partial charge is 0.370 e. The zero-order valence-electron chi connectivity index (χ0n) is 22.3. The first kappa shape index (κ1) is 24.6. The second kappa shape index (κ2) is 10.2. The minimum absolute atomic E-state index is 0.256. The highest BCUT2D eigenvalue weighted by molar-refractivity contribution is 6.22. The van der Waals surface area contributed by atoms with Crippen molar-refractivity contribution in [2.24, 2.45) is 0 Å². The third kappa shape index (κ3) is 4.46. The second-order valence-electron chi connectivity index (χ2n) is 11.2. The van der Waals surface area contributed by atoms with E-state index < -0.39 is 5.41 Å². The van der Waals surface area contributed by atoms with Gasteiger partial charge in [-0.05, 0) is 54.3 Å². The Balaban J connectivity index is 1.44. The zero-order valence-corrected chi connectivity index (χ0v) is 22.3. The lowest BCUT2D eigenvalue weighted by molar-refractivity contribution is 0.0892. The van der Waals surface area contributed by atoms with Crippen LogP contribution < -0.4 is 4.90 Å². The van der Waals surface area contributed by atoms with E-state index in [9.17, 15) is 4.79 Å². The Morgan fingerprint density at radius 2 is 1.47 bits per heavy atom. The van der Waals surface area contributed by atoms with E-state index in [1.807, 2.05) is 18.2 Å². The van der Waals surface area contributed by atoms with Crippen molar-refractivity contribution in [3.63, 3.8) is 0 Å². The van der Waals surface area contributed by atoms with Crippen LogP contribution in [0.1, 0.15) is 40.4 Å². The van der Waals surface area contributed by atoms with Crippen molar-refractivity contribution in [2.45, 2.75) is 31.6 Å². The van der Waals surface area contributed by atoms with Gasteiger partial charge in [0, 0.05) is 49.4 Å². The number of hydrogen-bond acceptors (Lipinski definition) is 3. The molecule has 0 amide bonds. The van der Waals surface area contributed by atoms with Crippen molar-refractivity contribution < 1.29 is 4.79 Å². The number of hydrogen-bond donors (Lipinski definition) is 0. The molecule has 0 atom stereocenters. The average Bonchev–Trinajstić information content (AvgIpc) is 3.05. The number of rotatable bonds is 7. The van der Waals surface area contributed by atoms with Gasteiger partial charge < -0.3 is 4.90 Å². The molecular formula is C35H36N2O. The van der Waals surface area contributed by atoms with Crippen molar-refractivity contribution in [2.75, 3.05) is 37.6 Å². The third-order valence-corrected chi connectivity index (χ3v) is 8.33. The van der Waals surface area contributed by atoms with Gasteiger partial charge in [-0.1, -0.05) is 97.1 Å². The van der Waals surface area contributed by atoms with Gasteiger partial charge in [0.2, 0.25) is 0 Å². The van der Waals surface area contributed by atoms with Gasteiger partial charge >= 0.3 is 0 Å². The summed E-state index contributed by atoms with van der Waals surface area (Å²) in [4.78, 5) is 19.5. The van der Waals surface area contributed by atoms with Crippen molar-refractivity contribution in [3.8, 4) is 0 Å². The van der Waals surface area contributed by atoms with Crippen LogP contribution in [0.2, 0.25) is 0 Å². The van der Waals surface area contributed by atoms with Crippen LogP contribution in [0.5, 0.6) is 0 Å². The quantitative estimate of drug-likeness (QED) is 0.259. The summed E-state index contributed by atoms with van der Waals surface area (Å²) in [5.41, 5.74) is 6.33. The molecule has 4 aromatic rings. The Bertz CT molecular complexity index is 1430. The number of carbonyl (C=O) groups is 1. The Hall–Kier alpha value is -3.69. The van der Waals surface area contributed by atoms with Crippen LogP contribution in [0.4, 0.5) is 5.69 Å². The lowest BCUT2D eigenvalue weighted by atomic mass is 9.71. The molecule has 0 spiro atoms. The van der Waals surface area contributed by atoms with Crippen LogP contribution in [0.25, 0.3) is 10.8 Å². The summed E-state index contributed by atoms with van der Waals surface area (Å²) in [6, 6.07) is 31.9. The first-order valence-corrected chi connectivity index (χ1v) is 13.9. The summed E-state index contributed by atoms with van der Waals surface area (Å²) in [7, 11) is 0. The molecule has 1 aliphatic heterocycles. The van der Waals surface area contributed by atoms with Crippen LogP contribution >= 0.6 is 0 Å². The first-order chi connectivity index (χ1) is 18.5. The monoisotopic (exact) mass is 500 g/mol. The molecule has 38 heavy (non-hydrogen) atoms. The van der Waals surface area contributed by atoms with Gasteiger partial charge in [-0.2, -0.15) is 0 Å². The maximum atomic E-state index is 14.5. The SMILES string of the molecule is C=C(C)CN1CCCN(c2ccc3c4c(cccc24)C(=O)C3(Cc2ccccc2)Cc2ccccc2)CC1. The highest BCUT2D eigenvalue weighted by Crippen LogP contribution is 2.48. The fraction of sp³-hybridized carbons (Fsp3) is 0.286. The molecule has 2 aliphatic rings. The van der Waals surface area contributed by atoms with Crippen LogP contribution in [-0.2, 0) is 18.3 Å². The summed E-state index contributed by atoms with van der Waals surface area (Å²) in [5, 5.41) is 2.37. The smallest absolute Gasteiger partial charge is 0.174 e. The average molecular weight is 501 g/mol. The third-order valence-electron chi connectivity index (χ3n) is 8.33. The van der Waals surface area contributed by atoms with Gasteiger partial charge in [-0.25, -0.2) is 0 Å². The molecule has 0 radical (unpaired) electrons. The predicted octanol–water partition coefficient (Wildman–Crippen LogP) is 6.85. The van der Waals surface area contributed by atoms with Gasteiger partial charge in [0.15, 0.2) is 5.78 Å². The molecule has 0 saturated carbocycles. The van der Waals surface area contributed by atoms with E-state index in [-0.39, 0.29) is 5.78 Å². The number of nitrogens with zero attached hydrogens (tertiary/aromatic N) is 2. The molecule has 0 unspecified atom stereocenters. The standard InChI is InChI=1S/C35H36N2O/c1-26(2)25-36-19-10-20-37(22-21-36)32-18-17-31-33-29(32)15-9-16-30(33)34(38)35(31,23-27-11-5-3-6-12-27)24-28-13-7-4-8-14-28/h3-9,11-18H,1,10,19-25H2,2H3. The lowest BCUT2D eigenvalue weighted by Gasteiger charge is -2.31. The van der Waals surface area contributed by atoms with Crippen molar-refractivity contribution in [1.29, 1.82) is 0 Å². The summed E-state index contributed by atoms with van der Waals surface area (Å²) < 4.78 is 0. The fourth-order valence-electron chi connectivity index (χ4n) is 6.69. The van der Waals surface area contributed by atoms with Gasteiger partial charge in [-0.3, -0.25) is 9.69 Å². The molecule has 1 aliphatic carbocycles. The molecule has 4 aromatic carbocycles. The highest BCUT2D eigenvalue weighted by atomic mass is 16.1.